The number of alkyl halides is 2. The predicted octanol–water partition coefficient (Wildman–Crippen LogP) is 2.15. The summed E-state index contributed by atoms with van der Waals surface area (Å²) in [6, 6.07) is 6.00. The van der Waals surface area contributed by atoms with Crippen molar-refractivity contribution >= 4 is 11.9 Å². The van der Waals surface area contributed by atoms with Crippen molar-refractivity contribution in [2.75, 3.05) is 13.1 Å². The molecular formula is C14H17F2NO4. The lowest BCUT2D eigenvalue weighted by atomic mass is 10.1. The SMILES string of the molecule is CCN(CC(=O)O)C(=O)CCc1ccc(OC(F)F)cc1. The highest BCUT2D eigenvalue weighted by molar-refractivity contribution is 5.81. The van der Waals surface area contributed by atoms with Crippen LogP contribution in [-0.4, -0.2) is 41.6 Å². The summed E-state index contributed by atoms with van der Waals surface area (Å²) in [6.45, 7) is -1.16. The van der Waals surface area contributed by atoms with Gasteiger partial charge in [-0.1, -0.05) is 12.1 Å². The summed E-state index contributed by atoms with van der Waals surface area (Å²) in [5, 5.41) is 8.68. The average Bonchev–Trinajstić information content (AvgIpc) is 2.42. The van der Waals surface area contributed by atoms with Gasteiger partial charge in [0.05, 0.1) is 0 Å². The Morgan fingerprint density at radius 3 is 2.38 bits per heavy atom. The first kappa shape index (κ1) is 16.9. The Kier molecular flexibility index (Phi) is 6.58. The van der Waals surface area contributed by atoms with Gasteiger partial charge in [0.25, 0.3) is 0 Å². The lowest BCUT2D eigenvalue weighted by Crippen LogP contribution is -2.35. The second-order valence-corrected chi connectivity index (χ2v) is 4.32. The van der Waals surface area contributed by atoms with E-state index in [1.54, 1.807) is 19.1 Å². The van der Waals surface area contributed by atoms with Crippen molar-refractivity contribution < 1.29 is 28.2 Å². The third kappa shape index (κ3) is 6.20. The first-order chi connectivity index (χ1) is 9.92. The molecule has 0 saturated carbocycles. The molecule has 0 unspecified atom stereocenters. The standard InChI is InChI=1S/C14H17F2NO4/c1-2-17(9-13(19)20)12(18)8-5-10-3-6-11(7-4-10)21-14(15)16/h3-4,6-7,14H,2,5,8-9H2,1H3,(H,19,20). The van der Waals surface area contributed by atoms with Crippen LogP contribution < -0.4 is 4.74 Å². The van der Waals surface area contributed by atoms with E-state index in [1.165, 1.54) is 17.0 Å². The predicted molar refractivity (Wildman–Crippen MR) is 71.3 cm³/mol. The lowest BCUT2D eigenvalue weighted by Gasteiger charge is -2.18. The Hall–Kier alpha value is -2.18. The number of aliphatic carboxylic acids is 1. The van der Waals surface area contributed by atoms with E-state index < -0.39 is 12.6 Å². The first-order valence-electron chi connectivity index (χ1n) is 6.45. The molecule has 1 rings (SSSR count). The first-order valence-corrected chi connectivity index (χ1v) is 6.45. The molecule has 0 atom stereocenters. The van der Waals surface area contributed by atoms with Gasteiger partial charge in [-0.25, -0.2) is 0 Å². The molecule has 1 aromatic rings. The quantitative estimate of drug-likeness (QED) is 0.799. The van der Waals surface area contributed by atoms with Gasteiger partial charge in [0.2, 0.25) is 5.91 Å². The smallest absolute Gasteiger partial charge is 0.387 e. The Bertz CT molecular complexity index is 476. The molecular weight excluding hydrogens is 284 g/mol. The maximum absolute atomic E-state index is 12.0. The van der Waals surface area contributed by atoms with E-state index in [1.807, 2.05) is 0 Å². The van der Waals surface area contributed by atoms with Gasteiger partial charge in [-0.15, -0.1) is 0 Å². The number of likely N-dealkylation sites (N-methyl/N-ethyl adjacent to an activating group) is 1. The van der Waals surface area contributed by atoms with Crippen LogP contribution in [0, 0.1) is 0 Å². The van der Waals surface area contributed by atoms with Crippen LogP contribution in [0.5, 0.6) is 5.75 Å². The van der Waals surface area contributed by atoms with Gasteiger partial charge in [0.15, 0.2) is 0 Å². The minimum absolute atomic E-state index is 0.0566. The van der Waals surface area contributed by atoms with Crippen LogP contribution >= 0.6 is 0 Å². The zero-order chi connectivity index (χ0) is 15.8. The second kappa shape index (κ2) is 8.18. The number of amides is 1. The molecule has 1 N–H and O–H groups in total. The fourth-order valence-electron chi connectivity index (χ4n) is 1.79. The Morgan fingerprint density at radius 2 is 1.90 bits per heavy atom. The summed E-state index contributed by atoms with van der Waals surface area (Å²) in [7, 11) is 0. The van der Waals surface area contributed by atoms with Crippen LogP contribution in [0.2, 0.25) is 0 Å². The summed E-state index contributed by atoms with van der Waals surface area (Å²) in [6.07, 6.45) is 0.570. The number of rotatable bonds is 8. The van der Waals surface area contributed by atoms with Crippen molar-refractivity contribution in [3.05, 3.63) is 29.8 Å². The number of aryl methyl sites for hydroxylation is 1. The highest BCUT2D eigenvalue weighted by Crippen LogP contribution is 2.16. The summed E-state index contributed by atoms with van der Waals surface area (Å²) in [5.41, 5.74) is 0.788. The molecule has 0 aliphatic rings. The van der Waals surface area contributed by atoms with Gasteiger partial charge < -0.3 is 14.7 Å². The van der Waals surface area contributed by atoms with E-state index in [4.69, 9.17) is 5.11 Å². The summed E-state index contributed by atoms with van der Waals surface area (Å²) in [4.78, 5) is 23.7. The minimum atomic E-state index is -2.87. The summed E-state index contributed by atoms with van der Waals surface area (Å²) >= 11 is 0. The number of carbonyl (C=O) groups is 2. The van der Waals surface area contributed by atoms with Gasteiger partial charge in [-0.3, -0.25) is 9.59 Å². The van der Waals surface area contributed by atoms with Crippen molar-refractivity contribution in [2.24, 2.45) is 0 Å². The van der Waals surface area contributed by atoms with Gasteiger partial charge >= 0.3 is 12.6 Å². The highest BCUT2D eigenvalue weighted by Gasteiger charge is 2.14. The van der Waals surface area contributed by atoms with Crippen LogP contribution in [0.4, 0.5) is 8.78 Å². The molecule has 0 aromatic heterocycles. The highest BCUT2D eigenvalue weighted by atomic mass is 19.3. The molecule has 1 aromatic carbocycles. The molecule has 0 fully saturated rings. The average molecular weight is 301 g/mol. The molecule has 0 radical (unpaired) electrons. The summed E-state index contributed by atoms with van der Waals surface area (Å²) in [5.74, 6) is -1.26. The normalized spacial score (nSPS) is 10.5. The topological polar surface area (TPSA) is 66.8 Å². The number of nitrogens with zero attached hydrogens (tertiary/aromatic N) is 1. The van der Waals surface area contributed by atoms with Crippen molar-refractivity contribution in [3.63, 3.8) is 0 Å². The fourth-order valence-corrected chi connectivity index (χ4v) is 1.79. The number of carboxylic acids is 1. The molecule has 1 amide bonds. The van der Waals surface area contributed by atoms with E-state index in [0.29, 0.717) is 13.0 Å². The lowest BCUT2D eigenvalue weighted by molar-refractivity contribution is -0.144. The molecule has 21 heavy (non-hydrogen) atoms. The van der Waals surface area contributed by atoms with Crippen molar-refractivity contribution in [2.45, 2.75) is 26.4 Å². The maximum Gasteiger partial charge on any atom is 0.387 e. The number of hydrogen-bond donors (Lipinski definition) is 1. The van der Waals surface area contributed by atoms with Gasteiger partial charge in [-0.2, -0.15) is 8.78 Å². The number of benzene rings is 1. The zero-order valence-corrected chi connectivity index (χ0v) is 11.6. The Balaban J connectivity index is 2.50. The van der Waals surface area contributed by atoms with E-state index in [-0.39, 0.29) is 24.6 Å². The van der Waals surface area contributed by atoms with E-state index >= 15 is 0 Å². The molecule has 0 spiro atoms. The molecule has 116 valence electrons. The minimum Gasteiger partial charge on any atom is -0.480 e. The molecule has 0 heterocycles. The van der Waals surface area contributed by atoms with Gasteiger partial charge in [0, 0.05) is 13.0 Å². The number of halogens is 2. The number of ether oxygens (including phenoxy) is 1. The Labute approximate surface area is 121 Å². The molecule has 0 aliphatic carbocycles. The van der Waals surface area contributed by atoms with Crippen LogP contribution in [0.1, 0.15) is 18.9 Å². The van der Waals surface area contributed by atoms with Crippen LogP contribution in [0.25, 0.3) is 0 Å². The van der Waals surface area contributed by atoms with Crippen LogP contribution in [0.3, 0.4) is 0 Å². The van der Waals surface area contributed by atoms with Crippen molar-refractivity contribution in [1.29, 1.82) is 0 Å². The largest absolute Gasteiger partial charge is 0.480 e. The molecule has 0 aliphatic heterocycles. The van der Waals surface area contributed by atoms with E-state index in [9.17, 15) is 18.4 Å². The monoisotopic (exact) mass is 301 g/mol. The van der Waals surface area contributed by atoms with Crippen molar-refractivity contribution in [1.82, 2.24) is 4.90 Å². The van der Waals surface area contributed by atoms with Crippen molar-refractivity contribution in [3.8, 4) is 5.75 Å². The zero-order valence-electron chi connectivity index (χ0n) is 11.6. The van der Waals surface area contributed by atoms with Crippen LogP contribution in [0.15, 0.2) is 24.3 Å². The molecule has 5 nitrogen and oxygen atoms in total. The molecule has 0 bridgehead atoms. The second-order valence-electron chi connectivity index (χ2n) is 4.32. The number of hydrogen-bond acceptors (Lipinski definition) is 3. The third-order valence-corrected chi connectivity index (χ3v) is 2.84. The fraction of sp³-hybridized carbons (Fsp3) is 0.429. The van der Waals surface area contributed by atoms with Gasteiger partial charge in [-0.05, 0) is 31.0 Å². The van der Waals surface area contributed by atoms with E-state index in [0.717, 1.165) is 5.56 Å². The summed E-state index contributed by atoms with van der Waals surface area (Å²) < 4.78 is 28.2. The van der Waals surface area contributed by atoms with E-state index in [2.05, 4.69) is 4.74 Å². The molecule has 0 saturated heterocycles. The third-order valence-electron chi connectivity index (χ3n) is 2.84. The van der Waals surface area contributed by atoms with Gasteiger partial charge in [0.1, 0.15) is 12.3 Å². The Morgan fingerprint density at radius 1 is 1.29 bits per heavy atom. The molecule has 7 heteroatoms. The maximum atomic E-state index is 12.0. The van der Waals surface area contributed by atoms with Crippen LogP contribution in [-0.2, 0) is 16.0 Å². The number of carbonyl (C=O) groups excluding carboxylic acids is 1. The number of carboxylic acid groups (broad SMARTS) is 1.